The molecule has 2 aromatic rings. The molecule has 2 aromatic carbocycles. The van der Waals surface area contributed by atoms with E-state index in [-0.39, 0.29) is 0 Å². The van der Waals surface area contributed by atoms with Gasteiger partial charge in [0, 0.05) is 0 Å². The first-order chi connectivity index (χ1) is 14.4. The lowest BCUT2D eigenvalue weighted by atomic mass is 9.79. The second-order valence-corrected chi connectivity index (χ2v) is 10.2. The molecule has 162 valence electrons. The summed E-state index contributed by atoms with van der Waals surface area (Å²) in [5.41, 5.74) is 19.8. The van der Waals surface area contributed by atoms with E-state index < -0.39 is 0 Å². The Balaban J connectivity index is 1.49. The SMILES string of the molecule is Cc1c(C)c2c(c(C)c1CCCCc1c(C)c(C)c3c(c1C)CCCC3)CCCC2. The van der Waals surface area contributed by atoms with Crippen LogP contribution in [0.15, 0.2) is 0 Å². The fourth-order valence-corrected chi connectivity index (χ4v) is 6.65. The molecule has 0 saturated heterocycles. The minimum Gasteiger partial charge on any atom is -0.0489 e. The standard InChI is InChI=1S/C30H42/c1-19-21(3)27-15-9-11-17-29(27)23(5)25(19)13-7-8-14-26-20(2)22(4)28-16-10-12-18-30(28)24(26)6/h7-18H2,1-6H3. The second-order valence-electron chi connectivity index (χ2n) is 10.2. The maximum absolute atomic E-state index is 2.41. The van der Waals surface area contributed by atoms with Gasteiger partial charge in [-0.2, -0.15) is 0 Å². The third kappa shape index (κ3) is 3.76. The number of hydrogen-bond acceptors (Lipinski definition) is 0. The molecule has 0 heterocycles. The molecule has 0 fully saturated rings. The zero-order valence-corrected chi connectivity index (χ0v) is 20.5. The molecule has 0 saturated carbocycles. The van der Waals surface area contributed by atoms with E-state index in [1.54, 1.807) is 66.8 Å². The van der Waals surface area contributed by atoms with Crippen LogP contribution in [-0.2, 0) is 38.5 Å². The molecule has 30 heavy (non-hydrogen) atoms. The molecule has 2 aliphatic carbocycles. The van der Waals surface area contributed by atoms with Gasteiger partial charge in [-0.05, 0) is 185 Å². The summed E-state index contributed by atoms with van der Waals surface area (Å²) in [4.78, 5) is 0. The molecule has 0 radical (unpaired) electrons. The van der Waals surface area contributed by atoms with Crippen LogP contribution >= 0.6 is 0 Å². The zero-order chi connectivity index (χ0) is 21.4. The van der Waals surface area contributed by atoms with Crippen LogP contribution < -0.4 is 0 Å². The fourth-order valence-electron chi connectivity index (χ4n) is 6.65. The predicted octanol–water partition coefficient (Wildman–Crippen LogP) is 7.86. The van der Waals surface area contributed by atoms with Gasteiger partial charge in [0.05, 0.1) is 0 Å². The van der Waals surface area contributed by atoms with Gasteiger partial charge in [0.25, 0.3) is 0 Å². The van der Waals surface area contributed by atoms with Crippen molar-refractivity contribution in [2.75, 3.05) is 0 Å². The Morgan fingerprint density at radius 3 is 1.03 bits per heavy atom. The highest BCUT2D eigenvalue weighted by Gasteiger charge is 2.21. The molecule has 0 bridgehead atoms. The van der Waals surface area contributed by atoms with E-state index in [1.165, 1.54) is 77.0 Å². The first-order valence-corrected chi connectivity index (χ1v) is 12.6. The Bertz CT molecular complexity index is 878. The summed E-state index contributed by atoms with van der Waals surface area (Å²) < 4.78 is 0. The van der Waals surface area contributed by atoms with Gasteiger partial charge in [-0.25, -0.2) is 0 Å². The number of hydrogen-bond donors (Lipinski definition) is 0. The van der Waals surface area contributed by atoms with Crippen LogP contribution in [0.4, 0.5) is 0 Å². The summed E-state index contributed by atoms with van der Waals surface area (Å²) in [6.45, 7) is 14.3. The molecule has 0 heteroatoms. The number of benzene rings is 2. The van der Waals surface area contributed by atoms with Crippen LogP contribution in [0.2, 0.25) is 0 Å². The minimum atomic E-state index is 1.26. The smallest absolute Gasteiger partial charge is 0.0273 e. The zero-order valence-electron chi connectivity index (χ0n) is 20.5. The molecular weight excluding hydrogens is 360 g/mol. The monoisotopic (exact) mass is 402 g/mol. The molecule has 0 N–H and O–H groups in total. The van der Waals surface area contributed by atoms with E-state index in [0.29, 0.717) is 0 Å². The van der Waals surface area contributed by atoms with E-state index in [2.05, 4.69) is 41.5 Å². The molecule has 2 aliphatic rings. The molecule has 0 aliphatic heterocycles. The summed E-state index contributed by atoms with van der Waals surface area (Å²) >= 11 is 0. The molecule has 0 atom stereocenters. The van der Waals surface area contributed by atoms with E-state index in [9.17, 15) is 0 Å². The lowest BCUT2D eigenvalue weighted by Gasteiger charge is -2.26. The molecule has 0 nitrogen and oxygen atoms in total. The van der Waals surface area contributed by atoms with Crippen molar-refractivity contribution < 1.29 is 0 Å². The van der Waals surface area contributed by atoms with Crippen molar-refractivity contribution in [1.29, 1.82) is 0 Å². The summed E-state index contributed by atoms with van der Waals surface area (Å²) in [5.74, 6) is 0. The Kier molecular flexibility index (Phi) is 6.42. The summed E-state index contributed by atoms with van der Waals surface area (Å²) in [6.07, 6.45) is 15.9. The highest BCUT2D eigenvalue weighted by molar-refractivity contribution is 5.52. The first kappa shape index (κ1) is 21.7. The van der Waals surface area contributed by atoms with Gasteiger partial charge in [0.2, 0.25) is 0 Å². The Labute approximate surface area is 185 Å². The third-order valence-corrected chi connectivity index (χ3v) is 8.79. The topological polar surface area (TPSA) is 0 Å². The molecular formula is C30H42. The highest BCUT2D eigenvalue weighted by atomic mass is 14.3. The molecule has 4 rings (SSSR count). The van der Waals surface area contributed by atoms with Crippen LogP contribution in [0.3, 0.4) is 0 Å². The van der Waals surface area contributed by atoms with Gasteiger partial charge < -0.3 is 0 Å². The lowest BCUT2D eigenvalue weighted by Crippen LogP contribution is -2.13. The largest absolute Gasteiger partial charge is 0.0489 e. The van der Waals surface area contributed by atoms with Crippen molar-refractivity contribution in [3.05, 3.63) is 66.8 Å². The molecule has 0 aromatic heterocycles. The van der Waals surface area contributed by atoms with Crippen molar-refractivity contribution in [3.8, 4) is 0 Å². The number of unbranched alkanes of at least 4 members (excludes halogenated alkanes) is 1. The summed E-state index contributed by atoms with van der Waals surface area (Å²) in [6, 6.07) is 0. The summed E-state index contributed by atoms with van der Waals surface area (Å²) in [7, 11) is 0. The normalized spacial score (nSPS) is 15.8. The Hall–Kier alpha value is -1.56. The van der Waals surface area contributed by atoms with E-state index in [4.69, 9.17) is 0 Å². The van der Waals surface area contributed by atoms with Crippen molar-refractivity contribution >= 4 is 0 Å². The minimum absolute atomic E-state index is 1.26. The maximum Gasteiger partial charge on any atom is -0.0273 e. The Morgan fingerprint density at radius 1 is 0.400 bits per heavy atom. The highest BCUT2D eigenvalue weighted by Crippen LogP contribution is 2.35. The van der Waals surface area contributed by atoms with Crippen molar-refractivity contribution in [1.82, 2.24) is 0 Å². The quantitative estimate of drug-likeness (QED) is 0.446. The van der Waals surface area contributed by atoms with Crippen molar-refractivity contribution in [2.24, 2.45) is 0 Å². The second kappa shape index (κ2) is 8.89. The van der Waals surface area contributed by atoms with Crippen LogP contribution in [0, 0.1) is 41.5 Å². The first-order valence-electron chi connectivity index (χ1n) is 12.6. The van der Waals surface area contributed by atoms with Crippen LogP contribution in [0.5, 0.6) is 0 Å². The van der Waals surface area contributed by atoms with Crippen LogP contribution in [-0.4, -0.2) is 0 Å². The third-order valence-electron chi connectivity index (χ3n) is 8.79. The van der Waals surface area contributed by atoms with Gasteiger partial charge >= 0.3 is 0 Å². The number of rotatable bonds is 5. The lowest BCUT2D eigenvalue weighted by molar-refractivity contribution is 0.665. The van der Waals surface area contributed by atoms with Gasteiger partial charge in [-0.1, -0.05) is 0 Å². The predicted molar refractivity (Wildman–Crippen MR) is 131 cm³/mol. The molecule has 0 unspecified atom stereocenters. The van der Waals surface area contributed by atoms with Gasteiger partial charge in [0.15, 0.2) is 0 Å². The maximum atomic E-state index is 2.41. The van der Waals surface area contributed by atoms with Crippen molar-refractivity contribution in [3.63, 3.8) is 0 Å². The average molecular weight is 403 g/mol. The fraction of sp³-hybridized carbons (Fsp3) is 0.600. The summed E-state index contributed by atoms with van der Waals surface area (Å²) in [5, 5.41) is 0. The van der Waals surface area contributed by atoms with E-state index in [0.717, 1.165) is 0 Å². The van der Waals surface area contributed by atoms with Gasteiger partial charge in [-0.3, -0.25) is 0 Å². The van der Waals surface area contributed by atoms with E-state index >= 15 is 0 Å². The van der Waals surface area contributed by atoms with Crippen molar-refractivity contribution in [2.45, 2.75) is 119 Å². The Morgan fingerprint density at radius 2 is 0.700 bits per heavy atom. The van der Waals surface area contributed by atoms with Crippen LogP contribution in [0.1, 0.15) is 105 Å². The number of fused-ring (bicyclic) bond motifs is 2. The van der Waals surface area contributed by atoms with Crippen LogP contribution in [0.25, 0.3) is 0 Å². The van der Waals surface area contributed by atoms with E-state index in [1.807, 2.05) is 0 Å². The van der Waals surface area contributed by atoms with Gasteiger partial charge in [0.1, 0.15) is 0 Å². The molecule has 0 spiro atoms. The average Bonchev–Trinajstić information content (AvgIpc) is 2.77. The van der Waals surface area contributed by atoms with Gasteiger partial charge in [-0.15, -0.1) is 0 Å². The molecule has 0 amide bonds.